The summed E-state index contributed by atoms with van der Waals surface area (Å²) in [6.45, 7) is 3.40. The fraction of sp³-hybridized carbons (Fsp3) is 0.500. The van der Waals surface area contributed by atoms with E-state index in [1.165, 1.54) is 57.4 Å². The molecule has 0 aliphatic rings. The van der Waals surface area contributed by atoms with Crippen LogP contribution in [0.25, 0.3) is 0 Å². The summed E-state index contributed by atoms with van der Waals surface area (Å²) in [5.74, 6) is -0.314. The molecule has 3 nitrogen and oxygen atoms in total. The van der Waals surface area contributed by atoms with Gasteiger partial charge >= 0.3 is 5.97 Å². The minimum absolute atomic E-state index is 0.314. The summed E-state index contributed by atoms with van der Waals surface area (Å²) in [7, 11) is 3.88. The van der Waals surface area contributed by atoms with Crippen LogP contribution in [0.4, 0.5) is 0 Å². The van der Waals surface area contributed by atoms with E-state index in [9.17, 15) is 4.79 Å². The maximum Gasteiger partial charge on any atom is 0.330 e. The molecule has 0 aromatic heterocycles. The number of nitrogens with zero attached hydrogens (tertiary/aromatic N) is 1. The predicted octanol–water partition coefficient (Wildman–Crippen LogP) is 6.57. The van der Waals surface area contributed by atoms with E-state index in [1.54, 1.807) is 12.2 Å². The lowest BCUT2D eigenvalue weighted by Gasteiger charge is -2.08. The van der Waals surface area contributed by atoms with Crippen LogP contribution in [0.5, 0.6) is 0 Å². The highest BCUT2D eigenvalue weighted by Gasteiger charge is 1.95. The Bertz CT molecular complexity index is 551. The van der Waals surface area contributed by atoms with Gasteiger partial charge in [0.1, 0.15) is 6.61 Å². The fourth-order valence-electron chi connectivity index (χ4n) is 2.42. The van der Waals surface area contributed by atoms with Gasteiger partial charge in [-0.25, -0.2) is 4.79 Å². The van der Waals surface area contributed by atoms with Gasteiger partial charge in [0.05, 0.1) is 0 Å². The van der Waals surface area contributed by atoms with Crippen molar-refractivity contribution in [2.24, 2.45) is 0 Å². The number of unbranched alkanes of at least 4 members (excludes halogenated alkanes) is 7. The van der Waals surface area contributed by atoms with Crippen LogP contribution in [0.1, 0.15) is 58.3 Å². The molecule has 0 aliphatic carbocycles. The van der Waals surface area contributed by atoms with E-state index in [4.69, 9.17) is 4.74 Å². The van der Waals surface area contributed by atoms with Gasteiger partial charge in [0.15, 0.2) is 0 Å². The van der Waals surface area contributed by atoms with Crippen molar-refractivity contribution in [1.82, 2.24) is 4.90 Å². The molecule has 162 valence electrons. The molecule has 0 rings (SSSR count). The van der Waals surface area contributed by atoms with Crippen molar-refractivity contribution in [2.45, 2.75) is 58.3 Å². The highest BCUT2D eigenvalue weighted by atomic mass is 16.5. The zero-order chi connectivity index (χ0) is 21.4. The van der Waals surface area contributed by atoms with Crippen LogP contribution >= 0.6 is 0 Å². The molecule has 0 unspecified atom stereocenters. The first kappa shape index (κ1) is 26.9. The minimum Gasteiger partial charge on any atom is -0.461 e. The molecule has 3 heteroatoms. The minimum atomic E-state index is -0.314. The lowest BCUT2D eigenvalue weighted by Crippen LogP contribution is -2.19. The number of esters is 1. The second-order valence-corrected chi connectivity index (χ2v) is 7.21. The zero-order valence-electron chi connectivity index (χ0n) is 18.8. The molecular weight excluding hydrogens is 358 g/mol. The van der Waals surface area contributed by atoms with Crippen molar-refractivity contribution in [3.63, 3.8) is 0 Å². The van der Waals surface area contributed by atoms with Gasteiger partial charge in [0.2, 0.25) is 0 Å². The Morgan fingerprint density at radius 2 is 1.24 bits per heavy atom. The van der Waals surface area contributed by atoms with Gasteiger partial charge in [0, 0.05) is 12.6 Å². The van der Waals surface area contributed by atoms with Crippen LogP contribution in [0.2, 0.25) is 0 Å². The average Bonchev–Trinajstić information content (AvgIpc) is 2.69. The first-order valence-corrected chi connectivity index (χ1v) is 11.0. The lowest BCUT2D eigenvalue weighted by molar-refractivity contribution is -0.138. The molecule has 0 aromatic rings. The van der Waals surface area contributed by atoms with Crippen LogP contribution in [0.3, 0.4) is 0 Å². The fourth-order valence-corrected chi connectivity index (χ4v) is 2.42. The number of carbonyl (C=O) groups is 1. The third-order valence-electron chi connectivity index (χ3n) is 4.13. The molecule has 0 aromatic carbocycles. The maximum atomic E-state index is 11.4. The second-order valence-electron chi connectivity index (χ2n) is 7.21. The third kappa shape index (κ3) is 23.8. The normalized spacial score (nSPS) is 13.0. The standard InChI is InChI=1S/C26H41NO2/c1-4-5-6-7-8-9-10-11-12-13-14-15-16-17-18-19-20-21-22-23-26(28)29-25-24-27(2)3/h12-23H,4-11,24-25H2,1-3H3/b13-12+,15-14+,17-16+,19-18+,21-20+,23-22+. The number of allylic oxidation sites excluding steroid dienone is 11. The maximum absolute atomic E-state index is 11.4. The van der Waals surface area contributed by atoms with Gasteiger partial charge < -0.3 is 9.64 Å². The zero-order valence-corrected chi connectivity index (χ0v) is 18.8. The smallest absolute Gasteiger partial charge is 0.330 e. The molecule has 0 heterocycles. The van der Waals surface area contributed by atoms with Gasteiger partial charge in [0.25, 0.3) is 0 Å². The van der Waals surface area contributed by atoms with Crippen molar-refractivity contribution in [2.75, 3.05) is 27.2 Å². The molecule has 0 saturated heterocycles. The number of carbonyl (C=O) groups excluding carboxylic acids is 1. The molecule has 0 spiro atoms. The third-order valence-corrected chi connectivity index (χ3v) is 4.13. The number of likely N-dealkylation sites (N-methyl/N-ethyl adjacent to an activating group) is 1. The second kappa shape index (κ2) is 22.2. The van der Waals surface area contributed by atoms with Gasteiger partial charge in [-0.2, -0.15) is 0 Å². The number of hydrogen-bond donors (Lipinski definition) is 0. The molecule has 0 atom stereocenters. The van der Waals surface area contributed by atoms with Crippen LogP contribution in [-0.2, 0) is 9.53 Å². The molecule has 0 radical (unpaired) electrons. The highest BCUT2D eigenvalue weighted by Crippen LogP contribution is 2.08. The largest absolute Gasteiger partial charge is 0.461 e. The summed E-state index contributed by atoms with van der Waals surface area (Å²) in [6, 6.07) is 0. The lowest BCUT2D eigenvalue weighted by atomic mass is 10.1. The van der Waals surface area contributed by atoms with E-state index in [0.29, 0.717) is 6.61 Å². The Hall–Kier alpha value is -2.13. The summed E-state index contributed by atoms with van der Waals surface area (Å²) in [5, 5.41) is 0. The Morgan fingerprint density at radius 3 is 1.83 bits per heavy atom. The van der Waals surface area contributed by atoms with E-state index in [1.807, 2.05) is 55.5 Å². The summed E-state index contributed by atoms with van der Waals surface area (Å²) >= 11 is 0. The van der Waals surface area contributed by atoms with Crippen molar-refractivity contribution in [1.29, 1.82) is 0 Å². The Labute approximate surface area is 179 Å². The summed E-state index contributed by atoms with van der Waals surface area (Å²) in [6.07, 6.45) is 33.8. The topological polar surface area (TPSA) is 29.5 Å². The summed E-state index contributed by atoms with van der Waals surface area (Å²) < 4.78 is 5.05. The van der Waals surface area contributed by atoms with Crippen LogP contribution in [-0.4, -0.2) is 38.1 Å². The van der Waals surface area contributed by atoms with Gasteiger partial charge in [-0.15, -0.1) is 0 Å². The Balaban J connectivity index is 3.69. The van der Waals surface area contributed by atoms with Gasteiger partial charge in [-0.1, -0.05) is 112 Å². The molecule has 0 saturated carbocycles. The van der Waals surface area contributed by atoms with Gasteiger partial charge in [-0.05, 0) is 26.9 Å². The molecule has 29 heavy (non-hydrogen) atoms. The summed E-state index contributed by atoms with van der Waals surface area (Å²) in [5.41, 5.74) is 0. The Kier molecular flexibility index (Phi) is 20.5. The highest BCUT2D eigenvalue weighted by molar-refractivity contribution is 5.82. The Morgan fingerprint density at radius 1 is 0.724 bits per heavy atom. The van der Waals surface area contributed by atoms with Crippen molar-refractivity contribution < 1.29 is 9.53 Å². The molecule has 0 fully saturated rings. The molecule has 0 aliphatic heterocycles. The first-order valence-electron chi connectivity index (χ1n) is 11.0. The SMILES string of the molecule is CCCCCCCCC/C=C/C=C/C=C/C=C/C=C/C=C/C(=O)OCCN(C)C. The van der Waals surface area contributed by atoms with E-state index in [-0.39, 0.29) is 5.97 Å². The van der Waals surface area contributed by atoms with E-state index in [2.05, 4.69) is 25.2 Å². The van der Waals surface area contributed by atoms with Crippen LogP contribution < -0.4 is 0 Å². The average molecular weight is 400 g/mol. The predicted molar refractivity (Wildman–Crippen MR) is 127 cm³/mol. The summed E-state index contributed by atoms with van der Waals surface area (Å²) in [4.78, 5) is 13.4. The molecular formula is C26H41NO2. The molecule has 0 bridgehead atoms. The van der Waals surface area contributed by atoms with Crippen molar-refractivity contribution in [3.05, 3.63) is 72.9 Å². The number of ether oxygens (including phenoxy) is 1. The first-order chi connectivity index (χ1) is 14.2. The van der Waals surface area contributed by atoms with Crippen molar-refractivity contribution >= 4 is 5.97 Å². The van der Waals surface area contributed by atoms with E-state index in [0.717, 1.165) is 6.54 Å². The monoisotopic (exact) mass is 399 g/mol. The number of rotatable bonds is 17. The van der Waals surface area contributed by atoms with Crippen LogP contribution in [0.15, 0.2) is 72.9 Å². The van der Waals surface area contributed by atoms with E-state index < -0.39 is 0 Å². The quantitative estimate of drug-likeness (QED) is 0.120. The van der Waals surface area contributed by atoms with E-state index >= 15 is 0 Å². The number of hydrogen-bond acceptors (Lipinski definition) is 3. The molecule has 0 N–H and O–H groups in total. The molecule has 0 amide bonds. The van der Waals surface area contributed by atoms with Crippen LogP contribution in [0, 0.1) is 0 Å². The van der Waals surface area contributed by atoms with Gasteiger partial charge in [-0.3, -0.25) is 0 Å². The van der Waals surface area contributed by atoms with Crippen molar-refractivity contribution in [3.8, 4) is 0 Å².